The van der Waals surface area contributed by atoms with Crippen molar-refractivity contribution in [3.05, 3.63) is 88.7 Å². The van der Waals surface area contributed by atoms with Gasteiger partial charge in [0.25, 0.3) is 0 Å². The van der Waals surface area contributed by atoms with E-state index in [1.807, 2.05) is 50.8 Å². The minimum Gasteiger partial charge on any atom is -0.349 e. The zero-order chi connectivity index (χ0) is 29.6. The first kappa shape index (κ1) is 28.8. The average Bonchev–Trinajstić information content (AvgIpc) is 2.92. The molecule has 2 aromatic carbocycles. The molecule has 5 rings (SSSR count). The summed E-state index contributed by atoms with van der Waals surface area (Å²) in [7, 11) is -4.36. The molecular formula is C30H31ClFN5O3S. The van der Waals surface area contributed by atoms with E-state index in [0.29, 0.717) is 30.9 Å². The van der Waals surface area contributed by atoms with Crippen LogP contribution in [-0.2, 0) is 15.0 Å². The van der Waals surface area contributed by atoms with Gasteiger partial charge in [0.1, 0.15) is 5.82 Å². The van der Waals surface area contributed by atoms with E-state index in [1.54, 1.807) is 29.2 Å². The number of amidine groups is 1. The van der Waals surface area contributed by atoms with Gasteiger partial charge in [-0.3, -0.25) is 4.79 Å². The molecule has 214 valence electrons. The van der Waals surface area contributed by atoms with E-state index in [2.05, 4.69) is 11.0 Å². The molecule has 1 atom stereocenters. The molecule has 0 spiro atoms. The number of carbonyl (C=O) groups is 1. The number of rotatable bonds is 4. The predicted molar refractivity (Wildman–Crippen MR) is 160 cm³/mol. The predicted octanol–water partition coefficient (Wildman–Crippen LogP) is 5.83. The number of para-hydroxylation sites is 1. The Balaban J connectivity index is 1.76. The van der Waals surface area contributed by atoms with E-state index in [-0.39, 0.29) is 45.8 Å². The molecule has 0 N–H and O–H groups in total. The number of piperazine rings is 1. The summed E-state index contributed by atoms with van der Waals surface area (Å²) in [4.78, 5) is 20.5. The van der Waals surface area contributed by atoms with Crippen molar-refractivity contribution in [2.45, 2.75) is 39.7 Å². The third kappa shape index (κ3) is 5.10. The minimum absolute atomic E-state index is 0.0113. The van der Waals surface area contributed by atoms with E-state index in [4.69, 9.17) is 16.6 Å². The van der Waals surface area contributed by atoms with Gasteiger partial charge in [-0.2, -0.15) is 8.42 Å². The first-order valence-electron chi connectivity index (χ1n) is 13.3. The number of amides is 1. The van der Waals surface area contributed by atoms with E-state index < -0.39 is 16.0 Å². The molecule has 3 heterocycles. The van der Waals surface area contributed by atoms with Gasteiger partial charge in [-0.25, -0.2) is 13.7 Å². The normalized spacial score (nSPS) is 18.3. The zero-order valence-corrected chi connectivity index (χ0v) is 24.9. The van der Waals surface area contributed by atoms with Gasteiger partial charge >= 0.3 is 10.2 Å². The van der Waals surface area contributed by atoms with Crippen molar-refractivity contribution in [3.63, 3.8) is 0 Å². The van der Waals surface area contributed by atoms with Gasteiger partial charge in [-0.1, -0.05) is 62.4 Å². The number of hydrogen-bond donors (Lipinski definition) is 0. The lowest BCUT2D eigenvalue weighted by Gasteiger charge is -2.43. The summed E-state index contributed by atoms with van der Waals surface area (Å²) < 4.78 is 48.7. The van der Waals surface area contributed by atoms with Crippen LogP contribution >= 0.6 is 11.6 Å². The number of hydrogen-bond acceptors (Lipinski definition) is 5. The maximum Gasteiger partial charge on any atom is 0.352 e. The molecular weight excluding hydrogens is 565 g/mol. The number of anilines is 2. The fourth-order valence-corrected chi connectivity index (χ4v) is 7.00. The second-order valence-electron chi connectivity index (χ2n) is 10.5. The summed E-state index contributed by atoms with van der Waals surface area (Å²) >= 11 is 6.74. The molecule has 1 amide bonds. The Bertz CT molecular complexity index is 1690. The average molecular weight is 596 g/mol. The van der Waals surface area contributed by atoms with Gasteiger partial charge in [-0.15, -0.1) is 4.40 Å². The number of aromatic nitrogens is 1. The summed E-state index contributed by atoms with van der Waals surface area (Å²) in [6.07, 6.45) is 1.26. The van der Waals surface area contributed by atoms with E-state index >= 15 is 0 Å². The van der Waals surface area contributed by atoms with Crippen LogP contribution in [-0.4, -0.2) is 60.6 Å². The van der Waals surface area contributed by atoms with Crippen LogP contribution in [0.15, 0.2) is 65.6 Å². The Kier molecular flexibility index (Phi) is 7.65. The van der Waals surface area contributed by atoms with Crippen LogP contribution in [0.3, 0.4) is 0 Å². The summed E-state index contributed by atoms with van der Waals surface area (Å²) in [5, 5.41) is 0.155. The van der Waals surface area contributed by atoms with Crippen LogP contribution in [0, 0.1) is 12.7 Å². The monoisotopic (exact) mass is 595 g/mol. The minimum atomic E-state index is -4.36. The smallest absolute Gasteiger partial charge is 0.349 e. The molecule has 3 aromatic rings. The van der Waals surface area contributed by atoms with Crippen molar-refractivity contribution < 1.29 is 17.6 Å². The highest BCUT2D eigenvalue weighted by atomic mass is 35.5. The topological polar surface area (TPSA) is 86.2 Å². The molecule has 11 heteroatoms. The van der Waals surface area contributed by atoms with Crippen molar-refractivity contribution in [2.24, 2.45) is 4.40 Å². The first-order chi connectivity index (χ1) is 19.4. The highest BCUT2D eigenvalue weighted by Crippen LogP contribution is 2.44. The van der Waals surface area contributed by atoms with Gasteiger partial charge in [0.15, 0.2) is 11.7 Å². The molecule has 2 aliphatic rings. The van der Waals surface area contributed by atoms with Crippen molar-refractivity contribution in [1.82, 2.24) is 14.8 Å². The van der Waals surface area contributed by atoms with Gasteiger partial charge < -0.3 is 9.80 Å². The summed E-state index contributed by atoms with van der Waals surface area (Å²) in [6, 6.07) is 13.0. The van der Waals surface area contributed by atoms with Crippen LogP contribution < -0.4 is 4.31 Å². The molecule has 1 saturated heterocycles. The summed E-state index contributed by atoms with van der Waals surface area (Å²) in [6.45, 7) is 12.3. The maximum absolute atomic E-state index is 14.9. The lowest BCUT2D eigenvalue weighted by molar-refractivity contribution is -0.128. The van der Waals surface area contributed by atoms with Crippen LogP contribution in [0.1, 0.15) is 43.4 Å². The number of halogens is 2. The number of benzene rings is 2. The maximum atomic E-state index is 14.9. The molecule has 2 aliphatic heterocycles. The van der Waals surface area contributed by atoms with Crippen LogP contribution in [0.4, 0.5) is 15.9 Å². The molecule has 1 fully saturated rings. The molecule has 8 nitrogen and oxygen atoms in total. The summed E-state index contributed by atoms with van der Waals surface area (Å²) in [5.74, 6) is -0.463. The third-order valence-electron chi connectivity index (χ3n) is 7.43. The quantitative estimate of drug-likeness (QED) is 0.354. The fraction of sp³-hybridized carbons (Fsp3) is 0.300. The van der Waals surface area contributed by atoms with Crippen LogP contribution in [0.25, 0.3) is 11.3 Å². The largest absolute Gasteiger partial charge is 0.352 e. The van der Waals surface area contributed by atoms with E-state index in [0.717, 1.165) is 15.4 Å². The van der Waals surface area contributed by atoms with Crippen molar-refractivity contribution in [3.8, 4) is 11.3 Å². The number of pyridine rings is 1. The van der Waals surface area contributed by atoms with E-state index in [9.17, 15) is 17.6 Å². The molecule has 41 heavy (non-hydrogen) atoms. The molecule has 1 unspecified atom stereocenters. The Hall–Kier alpha value is -3.76. The van der Waals surface area contributed by atoms with Crippen molar-refractivity contribution >= 4 is 45.1 Å². The molecule has 0 radical (unpaired) electrons. The van der Waals surface area contributed by atoms with Gasteiger partial charge in [0.2, 0.25) is 5.91 Å². The SMILES string of the molecule is C=CC(=O)N1CCN(C2=NS(=O)(=O)N(c3c(C)cccc3C(C)C)c3nc(-c4ccccc4F)c(Cl)cc32)C(C)C1. The van der Waals surface area contributed by atoms with E-state index in [1.165, 1.54) is 12.1 Å². The van der Waals surface area contributed by atoms with Gasteiger partial charge in [0.05, 0.1) is 22.0 Å². The zero-order valence-electron chi connectivity index (χ0n) is 23.3. The van der Waals surface area contributed by atoms with Gasteiger partial charge in [0, 0.05) is 31.2 Å². The first-order valence-corrected chi connectivity index (χ1v) is 15.1. The molecule has 0 bridgehead atoms. The number of nitrogens with zero attached hydrogens (tertiary/aromatic N) is 5. The number of aryl methyl sites for hydroxylation is 1. The second-order valence-corrected chi connectivity index (χ2v) is 12.4. The lowest BCUT2D eigenvalue weighted by Crippen LogP contribution is -2.56. The number of carbonyl (C=O) groups excluding carboxylic acids is 1. The Morgan fingerprint density at radius 2 is 1.88 bits per heavy atom. The standard InChI is InChI=1S/C30H31ClFN5O3S/c1-6-26(38)35-14-15-36(20(5)17-35)30-23-16-24(31)27(22-11-7-8-13-25(22)32)33-29(23)37(41(39,40)34-30)28-19(4)10-9-12-21(28)18(2)3/h6-13,16,18,20H,1,14-15,17H2,2-5H3. The Morgan fingerprint density at radius 1 is 1.15 bits per heavy atom. The van der Waals surface area contributed by atoms with Crippen LogP contribution in [0.2, 0.25) is 5.02 Å². The molecule has 0 aliphatic carbocycles. The molecule has 0 saturated carbocycles. The highest BCUT2D eigenvalue weighted by molar-refractivity contribution is 7.92. The van der Waals surface area contributed by atoms with Crippen molar-refractivity contribution in [1.29, 1.82) is 0 Å². The van der Waals surface area contributed by atoms with Crippen molar-refractivity contribution in [2.75, 3.05) is 23.9 Å². The van der Waals surface area contributed by atoms with Crippen LogP contribution in [0.5, 0.6) is 0 Å². The highest BCUT2D eigenvalue weighted by Gasteiger charge is 2.41. The second kappa shape index (κ2) is 10.9. The third-order valence-corrected chi connectivity index (χ3v) is 8.94. The molecule has 1 aromatic heterocycles. The fourth-order valence-electron chi connectivity index (χ4n) is 5.40. The Labute approximate surface area is 245 Å². The number of fused-ring (bicyclic) bond motifs is 1. The summed E-state index contributed by atoms with van der Waals surface area (Å²) in [5.41, 5.74) is 2.65. The Morgan fingerprint density at radius 3 is 2.54 bits per heavy atom. The van der Waals surface area contributed by atoms with Gasteiger partial charge in [-0.05, 0) is 55.2 Å². The lowest BCUT2D eigenvalue weighted by atomic mass is 9.98.